The van der Waals surface area contributed by atoms with E-state index in [2.05, 4.69) is 20.9 Å². The topological polar surface area (TPSA) is 195 Å². The second-order valence-electron chi connectivity index (χ2n) is 6.18. The van der Waals surface area contributed by atoms with Crippen molar-refractivity contribution >= 4 is 29.6 Å². The van der Waals surface area contributed by atoms with Crippen LogP contribution in [0, 0.1) is 0 Å². The average molecular weight is 385 g/mol. The van der Waals surface area contributed by atoms with Gasteiger partial charge in [0.15, 0.2) is 5.96 Å². The van der Waals surface area contributed by atoms with Crippen LogP contribution in [0.5, 0.6) is 0 Å². The maximum absolute atomic E-state index is 12.4. The second-order valence-corrected chi connectivity index (χ2v) is 6.18. The fourth-order valence-corrected chi connectivity index (χ4v) is 2.06. The highest BCUT2D eigenvalue weighted by Gasteiger charge is 2.25. The third-order valence-electron chi connectivity index (χ3n) is 3.61. The average Bonchev–Trinajstić information content (AvgIpc) is 2.56. The number of nitrogens with zero attached hydrogens (tertiary/aromatic N) is 1. The molecule has 0 bridgehead atoms. The molecule has 27 heavy (non-hydrogen) atoms. The normalized spacial score (nSPS) is 13.6. The summed E-state index contributed by atoms with van der Waals surface area (Å²) in [5.74, 6) is -2.11. The molecule has 4 amide bonds. The Kier molecular flexibility index (Phi) is 11.2. The van der Waals surface area contributed by atoms with E-state index in [0.29, 0.717) is 19.3 Å². The largest absolute Gasteiger partial charge is 0.370 e. The molecule has 0 aromatic rings. The summed E-state index contributed by atoms with van der Waals surface area (Å²) in [5, 5.41) is 7.56. The molecule has 154 valence electrons. The number of aliphatic imine (C=N–C) groups is 1. The minimum Gasteiger partial charge on any atom is -0.370 e. The molecule has 9 N–H and O–H groups in total. The Labute approximate surface area is 158 Å². The maximum atomic E-state index is 12.4. The van der Waals surface area contributed by atoms with Gasteiger partial charge in [0, 0.05) is 13.0 Å². The molecule has 0 fully saturated rings. The fourth-order valence-electron chi connectivity index (χ4n) is 2.06. The van der Waals surface area contributed by atoms with E-state index in [-0.39, 0.29) is 24.8 Å². The molecule has 0 aliphatic rings. The molecule has 0 radical (unpaired) electrons. The molecule has 0 heterocycles. The fraction of sp³-hybridized carbons (Fsp3) is 0.688. The third kappa shape index (κ3) is 10.7. The summed E-state index contributed by atoms with van der Waals surface area (Å²) in [6, 6.07) is -2.64. The first-order valence-electron chi connectivity index (χ1n) is 8.83. The SMILES string of the molecule is CCCC(=O)NC(C)C(=O)NC(CCCN=C(N)N)C(=O)NC(C)C(N)=O. The molecule has 0 aromatic carbocycles. The lowest BCUT2D eigenvalue weighted by atomic mass is 10.1. The quantitative estimate of drug-likeness (QED) is 0.125. The zero-order chi connectivity index (χ0) is 21.0. The number of rotatable bonds is 12. The van der Waals surface area contributed by atoms with Crippen LogP contribution in [0.2, 0.25) is 0 Å². The Morgan fingerprint density at radius 2 is 1.56 bits per heavy atom. The van der Waals surface area contributed by atoms with Crippen LogP contribution in [0.4, 0.5) is 0 Å². The first-order chi connectivity index (χ1) is 12.6. The van der Waals surface area contributed by atoms with Crippen molar-refractivity contribution in [1.82, 2.24) is 16.0 Å². The Hall–Kier alpha value is -2.85. The van der Waals surface area contributed by atoms with Gasteiger partial charge in [0.25, 0.3) is 0 Å². The molecular formula is C16H31N7O4. The van der Waals surface area contributed by atoms with Gasteiger partial charge < -0.3 is 33.2 Å². The summed E-state index contributed by atoms with van der Waals surface area (Å²) in [6.07, 6.45) is 1.60. The summed E-state index contributed by atoms with van der Waals surface area (Å²) in [7, 11) is 0. The summed E-state index contributed by atoms with van der Waals surface area (Å²) < 4.78 is 0. The molecule has 0 spiro atoms. The first kappa shape index (κ1) is 24.1. The van der Waals surface area contributed by atoms with Crippen LogP contribution >= 0.6 is 0 Å². The van der Waals surface area contributed by atoms with E-state index < -0.39 is 35.8 Å². The Morgan fingerprint density at radius 1 is 0.926 bits per heavy atom. The highest BCUT2D eigenvalue weighted by Crippen LogP contribution is 2.01. The number of hydrogen-bond donors (Lipinski definition) is 6. The molecule has 3 atom stereocenters. The smallest absolute Gasteiger partial charge is 0.243 e. The number of carbonyl (C=O) groups excluding carboxylic acids is 4. The molecule has 11 nitrogen and oxygen atoms in total. The minimum atomic E-state index is -0.931. The number of primary amides is 1. The van der Waals surface area contributed by atoms with Crippen LogP contribution in [-0.4, -0.2) is 54.3 Å². The lowest BCUT2D eigenvalue weighted by molar-refractivity contribution is -0.133. The molecule has 0 aliphatic carbocycles. The lowest BCUT2D eigenvalue weighted by Crippen LogP contribution is -2.55. The first-order valence-corrected chi connectivity index (χ1v) is 8.83. The molecule has 3 unspecified atom stereocenters. The van der Waals surface area contributed by atoms with Gasteiger partial charge >= 0.3 is 0 Å². The summed E-state index contributed by atoms with van der Waals surface area (Å²) >= 11 is 0. The summed E-state index contributed by atoms with van der Waals surface area (Å²) in [4.78, 5) is 51.2. The van der Waals surface area contributed by atoms with Crippen LogP contribution in [-0.2, 0) is 19.2 Å². The van der Waals surface area contributed by atoms with Gasteiger partial charge in [0.05, 0.1) is 0 Å². The molecule has 0 rings (SSSR count). The summed E-state index contributed by atoms with van der Waals surface area (Å²) in [6.45, 7) is 5.08. The van der Waals surface area contributed by atoms with E-state index in [1.165, 1.54) is 13.8 Å². The van der Waals surface area contributed by atoms with Crippen molar-refractivity contribution in [2.45, 2.75) is 64.6 Å². The molecule has 0 saturated carbocycles. The van der Waals surface area contributed by atoms with Crippen LogP contribution in [0.15, 0.2) is 4.99 Å². The van der Waals surface area contributed by atoms with Gasteiger partial charge in [-0.25, -0.2) is 0 Å². The van der Waals surface area contributed by atoms with E-state index in [1.54, 1.807) is 0 Å². The van der Waals surface area contributed by atoms with Crippen molar-refractivity contribution in [3.05, 3.63) is 0 Å². The van der Waals surface area contributed by atoms with E-state index in [1.807, 2.05) is 6.92 Å². The highest BCUT2D eigenvalue weighted by atomic mass is 16.2. The van der Waals surface area contributed by atoms with Gasteiger partial charge in [0.1, 0.15) is 18.1 Å². The van der Waals surface area contributed by atoms with Crippen molar-refractivity contribution in [3.8, 4) is 0 Å². The molecule has 11 heteroatoms. The zero-order valence-electron chi connectivity index (χ0n) is 16.1. The van der Waals surface area contributed by atoms with E-state index in [0.717, 1.165) is 0 Å². The molecule has 0 saturated heterocycles. The van der Waals surface area contributed by atoms with Crippen molar-refractivity contribution < 1.29 is 19.2 Å². The van der Waals surface area contributed by atoms with Gasteiger partial charge in [-0.15, -0.1) is 0 Å². The van der Waals surface area contributed by atoms with Gasteiger partial charge in [-0.3, -0.25) is 24.2 Å². The van der Waals surface area contributed by atoms with E-state index in [4.69, 9.17) is 17.2 Å². The second kappa shape index (κ2) is 12.5. The number of nitrogens with one attached hydrogen (secondary N) is 3. The standard InChI is InChI=1S/C16H31N7O4/c1-4-6-12(24)21-10(3)14(26)23-11(7-5-8-20-16(18)19)15(27)22-9(2)13(17)25/h9-11H,4-8H2,1-3H3,(H2,17,25)(H,21,24)(H,22,27)(H,23,26)(H4,18,19,20). The Bertz CT molecular complexity index is 561. The van der Waals surface area contributed by atoms with Crippen molar-refractivity contribution in [1.29, 1.82) is 0 Å². The Morgan fingerprint density at radius 3 is 2.07 bits per heavy atom. The predicted molar refractivity (Wildman–Crippen MR) is 101 cm³/mol. The highest BCUT2D eigenvalue weighted by molar-refractivity contribution is 5.93. The maximum Gasteiger partial charge on any atom is 0.243 e. The zero-order valence-corrected chi connectivity index (χ0v) is 16.1. The van der Waals surface area contributed by atoms with E-state index in [9.17, 15) is 19.2 Å². The monoisotopic (exact) mass is 385 g/mol. The van der Waals surface area contributed by atoms with E-state index >= 15 is 0 Å². The van der Waals surface area contributed by atoms with Crippen molar-refractivity contribution in [3.63, 3.8) is 0 Å². The van der Waals surface area contributed by atoms with Gasteiger partial charge in [-0.1, -0.05) is 6.92 Å². The number of hydrogen-bond acceptors (Lipinski definition) is 5. The van der Waals surface area contributed by atoms with Gasteiger partial charge in [-0.05, 0) is 33.1 Å². The predicted octanol–water partition coefficient (Wildman–Crippen LogP) is -2.18. The van der Waals surface area contributed by atoms with Crippen LogP contribution < -0.4 is 33.2 Å². The molecule has 0 aromatic heterocycles. The minimum absolute atomic E-state index is 0.0744. The van der Waals surface area contributed by atoms with Crippen LogP contribution in [0.25, 0.3) is 0 Å². The number of nitrogens with two attached hydrogens (primary N) is 3. The van der Waals surface area contributed by atoms with Crippen LogP contribution in [0.3, 0.4) is 0 Å². The lowest BCUT2D eigenvalue weighted by Gasteiger charge is -2.22. The summed E-state index contributed by atoms with van der Waals surface area (Å²) in [5.41, 5.74) is 15.6. The molecule has 0 aliphatic heterocycles. The number of guanidine groups is 1. The molecular weight excluding hydrogens is 354 g/mol. The van der Waals surface area contributed by atoms with Gasteiger partial charge in [0.2, 0.25) is 23.6 Å². The number of carbonyl (C=O) groups is 4. The Balaban J connectivity index is 4.91. The van der Waals surface area contributed by atoms with Crippen LogP contribution in [0.1, 0.15) is 46.5 Å². The number of amides is 4. The van der Waals surface area contributed by atoms with Crippen molar-refractivity contribution in [2.24, 2.45) is 22.2 Å². The van der Waals surface area contributed by atoms with Gasteiger partial charge in [-0.2, -0.15) is 0 Å². The van der Waals surface area contributed by atoms with Crippen molar-refractivity contribution in [2.75, 3.05) is 6.54 Å². The third-order valence-corrected chi connectivity index (χ3v) is 3.61.